The molecule has 2 aromatic rings. The summed E-state index contributed by atoms with van der Waals surface area (Å²) in [6.45, 7) is 1.42. The third-order valence-electron chi connectivity index (χ3n) is 3.46. The number of halogens is 3. The zero-order chi connectivity index (χ0) is 18.8. The Bertz CT molecular complexity index is 818. The van der Waals surface area contributed by atoms with E-state index in [4.69, 9.17) is 20.4 Å². The van der Waals surface area contributed by atoms with Crippen LogP contribution in [0.25, 0.3) is 11.1 Å². The minimum Gasteiger partial charge on any atom is -0.475 e. The Balaban J connectivity index is 0.000000277. The molecule has 1 aliphatic carbocycles. The van der Waals surface area contributed by atoms with Gasteiger partial charge in [0.1, 0.15) is 0 Å². The SMILES string of the molecule is CC(=O)OC1c2ccccc2-c2cccc(N)c21.O=C(O)C(F)(F)F. The summed E-state index contributed by atoms with van der Waals surface area (Å²) in [5.74, 6) is -3.06. The van der Waals surface area contributed by atoms with E-state index in [1.165, 1.54) is 6.92 Å². The van der Waals surface area contributed by atoms with Gasteiger partial charge in [-0.15, -0.1) is 0 Å². The number of aliphatic carboxylic acids is 1. The highest BCUT2D eigenvalue weighted by atomic mass is 19.4. The van der Waals surface area contributed by atoms with Crippen LogP contribution in [0, 0.1) is 0 Å². The van der Waals surface area contributed by atoms with E-state index in [1.54, 1.807) is 0 Å². The molecule has 1 aliphatic rings. The molecule has 3 rings (SSSR count). The number of carboxylic acid groups (broad SMARTS) is 1. The Morgan fingerprint density at radius 1 is 1.08 bits per heavy atom. The number of rotatable bonds is 1. The van der Waals surface area contributed by atoms with Crippen molar-refractivity contribution in [1.82, 2.24) is 0 Å². The van der Waals surface area contributed by atoms with Crippen molar-refractivity contribution in [3.8, 4) is 11.1 Å². The number of nitrogen functional groups attached to an aromatic ring is 1. The number of benzene rings is 2. The second-order valence-electron chi connectivity index (χ2n) is 5.19. The van der Waals surface area contributed by atoms with Gasteiger partial charge in [0.25, 0.3) is 0 Å². The number of carboxylic acids is 1. The first-order chi connectivity index (χ1) is 11.6. The topological polar surface area (TPSA) is 89.6 Å². The number of hydrogen-bond donors (Lipinski definition) is 2. The molecule has 0 spiro atoms. The molecule has 132 valence electrons. The second kappa shape index (κ2) is 6.84. The number of hydrogen-bond acceptors (Lipinski definition) is 4. The number of carbonyl (C=O) groups is 2. The molecule has 0 heterocycles. The molecule has 0 bridgehead atoms. The lowest BCUT2D eigenvalue weighted by Gasteiger charge is -2.15. The monoisotopic (exact) mass is 353 g/mol. The van der Waals surface area contributed by atoms with Crippen LogP contribution in [-0.2, 0) is 14.3 Å². The molecule has 0 radical (unpaired) electrons. The lowest BCUT2D eigenvalue weighted by molar-refractivity contribution is -0.192. The summed E-state index contributed by atoms with van der Waals surface area (Å²) in [6, 6.07) is 13.7. The molecule has 8 heteroatoms. The largest absolute Gasteiger partial charge is 0.490 e. The van der Waals surface area contributed by atoms with Gasteiger partial charge in [-0.1, -0.05) is 36.4 Å². The van der Waals surface area contributed by atoms with Gasteiger partial charge >= 0.3 is 18.1 Å². The van der Waals surface area contributed by atoms with Crippen LogP contribution >= 0.6 is 0 Å². The molecule has 5 nitrogen and oxygen atoms in total. The first-order valence-corrected chi connectivity index (χ1v) is 7.08. The van der Waals surface area contributed by atoms with Gasteiger partial charge in [-0.05, 0) is 17.2 Å². The van der Waals surface area contributed by atoms with Crippen LogP contribution in [-0.4, -0.2) is 23.2 Å². The van der Waals surface area contributed by atoms with Gasteiger partial charge < -0.3 is 15.6 Å². The van der Waals surface area contributed by atoms with Crippen LogP contribution < -0.4 is 5.73 Å². The van der Waals surface area contributed by atoms with Crippen LogP contribution in [0.2, 0.25) is 0 Å². The van der Waals surface area contributed by atoms with E-state index in [1.807, 2.05) is 42.5 Å². The van der Waals surface area contributed by atoms with Crippen molar-refractivity contribution in [3.63, 3.8) is 0 Å². The Kier molecular flexibility index (Phi) is 5.01. The maximum absolute atomic E-state index is 11.3. The molecule has 0 aliphatic heterocycles. The van der Waals surface area contributed by atoms with Crippen LogP contribution in [0.1, 0.15) is 24.2 Å². The summed E-state index contributed by atoms with van der Waals surface area (Å²) in [7, 11) is 0. The van der Waals surface area contributed by atoms with E-state index in [-0.39, 0.29) is 12.1 Å². The zero-order valence-electron chi connectivity index (χ0n) is 13.0. The molecule has 25 heavy (non-hydrogen) atoms. The van der Waals surface area contributed by atoms with Gasteiger partial charge in [0.15, 0.2) is 6.10 Å². The van der Waals surface area contributed by atoms with Crippen molar-refractivity contribution in [3.05, 3.63) is 53.6 Å². The fourth-order valence-corrected chi connectivity index (χ4v) is 2.53. The van der Waals surface area contributed by atoms with Crippen LogP contribution in [0.15, 0.2) is 42.5 Å². The number of carbonyl (C=O) groups excluding carboxylic acids is 1. The molecule has 1 unspecified atom stereocenters. The molecule has 2 aromatic carbocycles. The number of fused-ring (bicyclic) bond motifs is 3. The third-order valence-corrected chi connectivity index (χ3v) is 3.46. The quantitative estimate of drug-likeness (QED) is 0.605. The minimum absolute atomic E-state index is 0.300. The molecule has 1 atom stereocenters. The smallest absolute Gasteiger partial charge is 0.475 e. The summed E-state index contributed by atoms with van der Waals surface area (Å²) in [6.07, 6.45) is -5.46. The molecule has 0 fully saturated rings. The standard InChI is InChI=1S/C15H13NO2.C2HF3O2/c1-9(17)18-15-12-6-3-2-5-10(12)11-7-4-8-13(16)14(11)15;3-2(4,5)1(6)7/h2-8,15H,16H2,1H3;(H,6,7). The van der Waals surface area contributed by atoms with E-state index < -0.39 is 12.1 Å². The van der Waals surface area contributed by atoms with Crippen LogP contribution in [0.3, 0.4) is 0 Å². The summed E-state index contributed by atoms with van der Waals surface area (Å²) < 4.78 is 37.2. The van der Waals surface area contributed by atoms with Crippen LogP contribution in [0.5, 0.6) is 0 Å². The van der Waals surface area contributed by atoms with Gasteiger partial charge in [-0.3, -0.25) is 4.79 Å². The number of anilines is 1. The summed E-state index contributed by atoms with van der Waals surface area (Å²) in [4.78, 5) is 20.2. The average molecular weight is 353 g/mol. The molecular weight excluding hydrogens is 339 g/mol. The third kappa shape index (κ3) is 3.90. The molecule has 0 saturated heterocycles. The second-order valence-corrected chi connectivity index (χ2v) is 5.19. The fourth-order valence-electron chi connectivity index (χ4n) is 2.53. The summed E-state index contributed by atoms with van der Waals surface area (Å²) in [5.41, 5.74) is 10.7. The van der Waals surface area contributed by atoms with E-state index in [2.05, 4.69) is 0 Å². The number of ether oxygens (including phenoxy) is 1. The first-order valence-electron chi connectivity index (χ1n) is 7.08. The Hall–Kier alpha value is -3.03. The average Bonchev–Trinajstić information content (AvgIpc) is 2.82. The van der Waals surface area contributed by atoms with Gasteiger partial charge in [-0.2, -0.15) is 13.2 Å². The van der Waals surface area contributed by atoms with Gasteiger partial charge in [-0.25, -0.2) is 4.79 Å². The van der Waals surface area contributed by atoms with E-state index >= 15 is 0 Å². The van der Waals surface area contributed by atoms with Gasteiger partial charge in [0, 0.05) is 23.7 Å². The number of alkyl halides is 3. The molecule has 0 amide bonds. The van der Waals surface area contributed by atoms with Crippen molar-refractivity contribution in [2.75, 3.05) is 5.73 Å². The molecular formula is C17H14F3NO4. The zero-order valence-corrected chi connectivity index (χ0v) is 13.0. The lowest BCUT2D eigenvalue weighted by atomic mass is 10.1. The molecule has 3 N–H and O–H groups in total. The Morgan fingerprint density at radius 3 is 2.20 bits per heavy atom. The maximum atomic E-state index is 11.3. The minimum atomic E-state index is -5.08. The first kappa shape index (κ1) is 18.3. The van der Waals surface area contributed by atoms with Gasteiger partial charge in [0.2, 0.25) is 0 Å². The predicted molar refractivity (Wildman–Crippen MR) is 83.6 cm³/mol. The predicted octanol–water partition coefficient (Wildman–Crippen LogP) is 3.54. The highest BCUT2D eigenvalue weighted by Crippen LogP contribution is 2.47. The van der Waals surface area contributed by atoms with Crippen molar-refractivity contribution >= 4 is 17.6 Å². The van der Waals surface area contributed by atoms with Crippen molar-refractivity contribution in [2.45, 2.75) is 19.2 Å². The number of esters is 1. The van der Waals surface area contributed by atoms with Crippen molar-refractivity contribution in [1.29, 1.82) is 0 Å². The number of nitrogens with two attached hydrogens (primary N) is 1. The van der Waals surface area contributed by atoms with Gasteiger partial charge in [0.05, 0.1) is 0 Å². The van der Waals surface area contributed by atoms with Crippen molar-refractivity contribution < 1.29 is 32.6 Å². The summed E-state index contributed by atoms with van der Waals surface area (Å²) >= 11 is 0. The van der Waals surface area contributed by atoms with E-state index in [0.717, 1.165) is 22.3 Å². The molecule has 0 saturated carbocycles. The Morgan fingerprint density at radius 2 is 1.64 bits per heavy atom. The fraction of sp³-hybridized carbons (Fsp3) is 0.176. The normalized spacial score (nSPS) is 14.6. The molecule has 0 aromatic heterocycles. The maximum Gasteiger partial charge on any atom is 0.490 e. The van der Waals surface area contributed by atoms with Crippen molar-refractivity contribution in [2.24, 2.45) is 0 Å². The van der Waals surface area contributed by atoms with E-state index in [0.29, 0.717) is 5.69 Å². The lowest BCUT2D eigenvalue weighted by Crippen LogP contribution is -2.21. The summed E-state index contributed by atoms with van der Waals surface area (Å²) in [5, 5.41) is 7.12. The van der Waals surface area contributed by atoms with E-state index in [9.17, 15) is 18.0 Å². The van der Waals surface area contributed by atoms with Crippen LogP contribution in [0.4, 0.5) is 18.9 Å². The highest BCUT2D eigenvalue weighted by Gasteiger charge is 2.38. The Labute approximate surface area is 140 Å². The highest BCUT2D eigenvalue weighted by molar-refractivity contribution is 5.83.